The van der Waals surface area contributed by atoms with Crippen molar-refractivity contribution in [2.75, 3.05) is 38.4 Å². The lowest BCUT2D eigenvalue weighted by Crippen LogP contribution is -2.39. The second kappa shape index (κ2) is 11.4. The van der Waals surface area contributed by atoms with E-state index in [0.717, 1.165) is 0 Å². The van der Waals surface area contributed by atoms with Crippen LogP contribution in [0.2, 0.25) is 0 Å². The number of hydrogen-bond acceptors (Lipinski definition) is 10. The summed E-state index contributed by atoms with van der Waals surface area (Å²) in [6, 6.07) is 8.97. The summed E-state index contributed by atoms with van der Waals surface area (Å²) >= 11 is 0. The molecule has 0 saturated heterocycles. The minimum absolute atomic E-state index is 0.0221. The van der Waals surface area contributed by atoms with Gasteiger partial charge in [-0.1, -0.05) is 0 Å². The maximum Gasteiger partial charge on any atom is 0.246 e. The lowest BCUT2D eigenvalue weighted by atomic mass is 10.1. The number of ether oxygens (including phenoxy) is 2. The van der Waals surface area contributed by atoms with Crippen molar-refractivity contribution in [2.45, 2.75) is 13.0 Å². The second-order valence-corrected chi connectivity index (χ2v) is 8.06. The van der Waals surface area contributed by atoms with Crippen molar-refractivity contribution in [1.29, 1.82) is 0 Å². The van der Waals surface area contributed by atoms with Crippen molar-refractivity contribution < 1.29 is 23.1 Å². The van der Waals surface area contributed by atoms with Gasteiger partial charge in [0.1, 0.15) is 23.8 Å². The molecule has 0 radical (unpaired) electrons. The van der Waals surface area contributed by atoms with Crippen LogP contribution in [0.4, 0.5) is 16.2 Å². The molecule has 0 aliphatic rings. The van der Waals surface area contributed by atoms with Gasteiger partial charge < -0.3 is 30.3 Å². The van der Waals surface area contributed by atoms with E-state index in [1.54, 1.807) is 36.7 Å². The molecule has 11 nitrogen and oxygen atoms in total. The average molecular weight is 508 g/mol. The highest BCUT2D eigenvalue weighted by molar-refractivity contribution is 5.79. The number of pyridine rings is 1. The van der Waals surface area contributed by atoms with Crippen molar-refractivity contribution in [1.82, 2.24) is 25.3 Å². The van der Waals surface area contributed by atoms with E-state index < -0.39 is 0 Å². The van der Waals surface area contributed by atoms with Gasteiger partial charge in [0.05, 0.1) is 7.11 Å². The summed E-state index contributed by atoms with van der Waals surface area (Å²) in [4.78, 5) is 29.4. The average Bonchev–Trinajstić information content (AvgIpc) is 3.34. The zero-order chi connectivity index (χ0) is 26.4. The number of benzene rings is 1. The van der Waals surface area contributed by atoms with E-state index in [-0.39, 0.29) is 36.1 Å². The molecule has 0 fully saturated rings. The highest BCUT2D eigenvalue weighted by atomic mass is 19.1. The number of hydrogen-bond donors (Lipinski definition) is 3. The van der Waals surface area contributed by atoms with Crippen LogP contribution in [0.5, 0.6) is 5.75 Å². The fourth-order valence-corrected chi connectivity index (χ4v) is 3.47. The molecular formula is C25H26FN7O4. The SMILES string of the molecule is COCC(=O)N[C@@H](C)CNc1nccc(-c2oc(-c3ccc(F)cc3)nc2-c2cnc(N)c(OC)c2)n1. The molecule has 1 atom stereocenters. The van der Waals surface area contributed by atoms with Crippen molar-refractivity contribution in [2.24, 2.45) is 0 Å². The number of nitrogens with two attached hydrogens (primary N) is 1. The highest BCUT2D eigenvalue weighted by Crippen LogP contribution is 2.37. The number of oxazole rings is 1. The number of nitrogens with one attached hydrogen (secondary N) is 2. The Hall–Kier alpha value is -4.58. The van der Waals surface area contributed by atoms with Crippen molar-refractivity contribution >= 4 is 17.7 Å². The third-order valence-corrected chi connectivity index (χ3v) is 5.23. The first-order valence-electron chi connectivity index (χ1n) is 11.3. The van der Waals surface area contributed by atoms with Gasteiger partial charge in [0.25, 0.3) is 0 Å². The molecule has 12 heteroatoms. The number of methoxy groups -OCH3 is 2. The van der Waals surface area contributed by atoms with Crippen LogP contribution >= 0.6 is 0 Å². The topological polar surface area (TPSA) is 150 Å². The van der Waals surface area contributed by atoms with E-state index in [0.29, 0.717) is 46.5 Å². The van der Waals surface area contributed by atoms with Crippen LogP contribution < -0.4 is 21.1 Å². The summed E-state index contributed by atoms with van der Waals surface area (Å²) < 4.78 is 29.7. The highest BCUT2D eigenvalue weighted by Gasteiger charge is 2.21. The summed E-state index contributed by atoms with van der Waals surface area (Å²) in [5.41, 5.74) is 7.93. The lowest BCUT2D eigenvalue weighted by molar-refractivity contribution is -0.125. The lowest BCUT2D eigenvalue weighted by Gasteiger charge is -2.14. The van der Waals surface area contributed by atoms with Gasteiger partial charge in [-0.15, -0.1) is 0 Å². The predicted molar refractivity (Wildman–Crippen MR) is 135 cm³/mol. The molecule has 3 aromatic heterocycles. The Balaban J connectivity index is 1.68. The smallest absolute Gasteiger partial charge is 0.246 e. The van der Waals surface area contributed by atoms with E-state index in [1.807, 2.05) is 6.92 Å². The molecule has 192 valence electrons. The second-order valence-electron chi connectivity index (χ2n) is 8.06. The molecule has 1 amide bonds. The molecule has 1 aromatic carbocycles. The van der Waals surface area contributed by atoms with Gasteiger partial charge in [-0.2, -0.15) is 0 Å². The number of rotatable bonds is 10. The number of nitrogen functional groups attached to an aromatic ring is 1. The van der Waals surface area contributed by atoms with Gasteiger partial charge in [-0.25, -0.2) is 24.3 Å². The summed E-state index contributed by atoms with van der Waals surface area (Å²) in [6.45, 7) is 2.20. The summed E-state index contributed by atoms with van der Waals surface area (Å²) in [5, 5.41) is 5.90. The number of anilines is 2. The van der Waals surface area contributed by atoms with Crippen LogP contribution in [0, 0.1) is 5.82 Å². The Morgan fingerprint density at radius 1 is 1.14 bits per heavy atom. The molecular weight excluding hydrogens is 481 g/mol. The van der Waals surface area contributed by atoms with Crippen LogP contribution in [0.1, 0.15) is 6.92 Å². The van der Waals surface area contributed by atoms with E-state index in [1.165, 1.54) is 26.4 Å². The Morgan fingerprint density at radius 2 is 1.92 bits per heavy atom. The van der Waals surface area contributed by atoms with Crippen molar-refractivity contribution in [3.63, 3.8) is 0 Å². The molecule has 3 heterocycles. The third kappa shape index (κ3) is 6.16. The largest absolute Gasteiger partial charge is 0.493 e. The normalized spacial score (nSPS) is 11.7. The first kappa shape index (κ1) is 25.5. The maximum absolute atomic E-state index is 13.5. The van der Waals surface area contributed by atoms with E-state index in [4.69, 9.17) is 19.6 Å². The maximum atomic E-state index is 13.5. The van der Waals surface area contributed by atoms with Gasteiger partial charge in [-0.3, -0.25) is 4.79 Å². The minimum Gasteiger partial charge on any atom is -0.493 e. The molecule has 0 unspecified atom stereocenters. The zero-order valence-corrected chi connectivity index (χ0v) is 20.5. The summed E-state index contributed by atoms with van der Waals surface area (Å²) in [7, 11) is 2.95. The molecule has 37 heavy (non-hydrogen) atoms. The number of carbonyl (C=O) groups is 1. The number of halogens is 1. The van der Waals surface area contributed by atoms with Gasteiger partial charge in [0.2, 0.25) is 17.7 Å². The Labute approximate surface area is 212 Å². The third-order valence-electron chi connectivity index (χ3n) is 5.23. The molecule has 0 aliphatic heterocycles. The van der Waals surface area contributed by atoms with Crippen LogP contribution in [-0.4, -0.2) is 59.3 Å². The molecule has 4 N–H and O–H groups in total. The van der Waals surface area contributed by atoms with E-state index in [2.05, 4.69) is 30.6 Å². The van der Waals surface area contributed by atoms with Crippen LogP contribution in [0.25, 0.3) is 34.2 Å². The fourth-order valence-electron chi connectivity index (χ4n) is 3.47. The number of amides is 1. The van der Waals surface area contributed by atoms with Gasteiger partial charge in [-0.05, 0) is 43.3 Å². The molecule has 0 spiro atoms. The van der Waals surface area contributed by atoms with Crippen molar-refractivity contribution in [3.05, 3.63) is 54.6 Å². The molecule has 0 bridgehead atoms. The van der Waals surface area contributed by atoms with Crippen LogP contribution in [0.15, 0.2) is 53.2 Å². The van der Waals surface area contributed by atoms with Gasteiger partial charge >= 0.3 is 0 Å². The first-order valence-corrected chi connectivity index (χ1v) is 11.3. The molecule has 0 aliphatic carbocycles. The quantitative estimate of drug-likeness (QED) is 0.292. The molecule has 0 saturated carbocycles. The number of aromatic nitrogens is 4. The minimum atomic E-state index is -0.373. The monoisotopic (exact) mass is 507 g/mol. The first-order chi connectivity index (χ1) is 17.9. The van der Waals surface area contributed by atoms with Gasteiger partial charge in [0, 0.05) is 43.2 Å². The van der Waals surface area contributed by atoms with E-state index >= 15 is 0 Å². The van der Waals surface area contributed by atoms with Crippen molar-refractivity contribution in [3.8, 4) is 39.9 Å². The predicted octanol–water partition coefficient (Wildman–Crippen LogP) is 3.15. The zero-order valence-electron chi connectivity index (χ0n) is 20.5. The number of carbonyl (C=O) groups excluding carboxylic acids is 1. The fraction of sp³-hybridized carbons (Fsp3) is 0.240. The Bertz CT molecular complexity index is 1380. The Morgan fingerprint density at radius 3 is 2.65 bits per heavy atom. The number of nitrogens with zero attached hydrogens (tertiary/aromatic N) is 4. The van der Waals surface area contributed by atoms with Gasteiger partial charge in [0.15, 0.2) is 17.3 Å². The van der Waals surface area contributed by atoms with Crippen LogP contribution in [0.3, 0.4) is 0 Å². The molecule has 4 aromatic rings. The summed E-state index contributed by atoms with van der Waals surface area (Å²) in [5.74, 6) is 0.952. The Kier molecular flexibility index (Phi) is 7.89. The standard InChI is InChI=1S/C25H26FN7O4/c1-14(31-20(34)13-35-2)11-30-25-28-9-8-18(32-25)22-21(16-10-19(36-3)23(27)29-12-16)33-24(37-22)15-4-6-17(26)7-5-15/h4-10,12,14H,11,13H2,1-3H3,(H2,27,29)(H,31,34)(H,28,30,32)/t14-/m0/s1. The summed E-state index contributed by atoms with van der Waals surface area (Å²) in [6.07, 6.45) is 3.13. The molecule has 4 rings (SSSR count). The van der Waals surface area contributed by atoms with Crippen LogP contribution in [-0.2, 0) is 9.53 Å². The van der Waals surface area contributed by atoms with E-state index in [9.17, 15) is 9.18 Å².